The van der Waals surface area contributed by atoms with Crippen LogP contribution in [0, 0.1) is 5.92 Å². The number of fused-ring (bicyclic) bond motifs is 14. The van der Waals surface area contributed by atoms with Gasteiger partial charge in [0.25, 0.3) is 0 Å². The first-order valence-corrected chi connectivity index (χ1v) is 42.7. The van der Waals surface area contributed by atoms with E-state index in [1.54, 1.807) is 0 Å². The fraction of sp³-hybridized carbons (Fsp3) is 0.420. The molecule has 7 aromatic carbocycles. The Morgan fingerprint density at radius 3 is 1.68 bits per heavy atom. The van der Waals surface area contributed by atoms with Gasteiger partial charge in [0.1, 0.15) is 156 Å². The first kappa shape index (κ1) is 96.0. The van der Waals surface area contributed by atoms with Crippen LogP contribution >= 0.6 is 23.2 Å². The van der Waals surface area contributed by atoms with Gasteiger partial charge in [0.15, 0.2) is 35.3 Å². The van der Waals surface area contributed by atoms with Crippen molar-refractivity contribution in [1.29, 1.82) is 0 Å². The summed E-state index contributed by atoms with van der Waals surface area (Å²) >= 11 is 14.7. The smallest absolute Gasteiger partial charge is 0.330 e. The number of carboxylic acid groups (broad SMARTS) is 1. The van der Waals surface area contributed by atoms with E-state index in [9.17, 15) is 95.8 Å². The Bertz CT molecular complexity index is 5560. The lowest BCUT2D eigenvalue weighted by atomic mass is 9.89. The van der Waals surface area contributed by atoms with Crippen LogP contribution in [0.25, 0.3) is 11.1 Å². The molecule has 23 atom stereocenters. The van der Waals surface area contributed by atoms with Gasteiger partial charge in [-0.2, -0.15) is 0 Å². The number of carbonyl (C=O) groups excluding carboxylic acids is 8. The summed E-state index contributed by atoms with van der Waals surface area (Å²) in [6.45, 7) is 1.97. The Morgan fingerprint density at radius 2 is 1.05 bits per heavy atom. The van der Waals surface area contributed by atoms with E-state index in [2.05, 4.69) is 56.4 Å². The van der Waals surface area contributed by atoms with Crippen molar-refractivity contribution < 1.29 is 162 Å². The predicted octanol–water partition coefficient (Wildman–Crippen LogP) is 1.02. The van der Waals surface area contributed by atoms with Crippen molar-refractivity contribution in [2.75, 3.05) is 19.8 Å². The van der Waals surface area contributed by atoms with Crippen LogP contribution in [-0.4, -0.2) is 254 Å². The molecule has 9 aliphatic rings. The molecule has 706 valence electrons. The largest absolute Gasteiger partial charge is 0.508 e. The molecule has 7 aromatic rings. The minimum Gasteiger partial charge on any atom is -0.508 e. The third-order valence-electron chi connectivity index (χ3n) is 23.4. The van der Waals surface area contributed by atoms with Crippen LogP contribution in [0.15, 0.2) is 115 Å². The standard InChI is InChI=1S/C88H97Cl2N9O33/c1-33(2)8-6-4-5-7-9-60(108)94-68-74(113)71(110)58(31-101)129-87(68)132-78-55-25-40-26-56(78)126-52-17-13-38(23-47(52)90)77(131-86-67(92-34(3)103)73(112)70(109)57(30-100)128-86)69-84(121)98-66(85(122)123)45-28-42(105)29-54(127-88-76(115)75(114)72(111)59(32-102)130-88)61(45)44-22-37(12-14-49(44)106)63(81(118)99-69)96-83(120)65(40)97-82(119)64-39-20-41(104)27-43(21-39)124-53-24-36(11-15-50(53)107)62(91)80(117)93-48(79(116)95-64)19-35-10-16-51(125-55)46(89)18-35/h10-18,20-29,33,48,57-59,62-77,86-88,100-102,104-107,109-115H,4-9,19,30-32,91H2,1-3H3,(H,92,103)(H,93,117)(H,94,108)(H,95,116)(H,96,120)(H,97,119)(H,98,121)(H,99,118)(H,122,123)/t48?,57-,58-,59-,62-,63-,64+,65-,66-,67-,68-,69+,70-,71-,72-,73-,74-,75+,76+,77?,86+,87?,88?/m1/s1. The highest BCUT2D eigenvalue weighted by molar-refractivity contribution is 6.32. The van der Waals surface area contributed by atoms with Crippen LogP contribution in [0.1, 0.15) is 135 Å². The number of rotatable bonds is 19. The summed E-state index contributed by atoms with van der Waals surface area (Å²) in [4.78, 5) is 138. The maximum atomic E-state index is 17.0. The van der Waals surface area contributed by atoms with Gasteiger partial charge in [-0.3, -0.25) is 38.4 Å². The van der Waals surface area contributed by atoms with Gasteiger partial charge in [-0.1, -0.05) is 87.0 Å². The molecule has 0 aromatic heterocycles. The van der Waals surface area contributed by atoms with Gasteiger partial charge in [0.05, 0.1) is 29.9 Å². The van der Waals surface area contributed by atoms with Crippen molar-refractivity contribution in [3.8, 4) is 80.1 Å². The van der Waals surface area contributed by atoms with Crippen LogP contribution in [0.3, 0.4) is 0 Å². The van der Waals surface area contributed by atoms with Gasteiger partial charge >= 0.3 is 5.97 Å². The highest BCUT2D eigenvalue weighted by Crippen LogP contribution is 2.51. The van der Waals surface area contributed by atoms with E-state index in [1.807, 2.05) is 0 Å². The van der Waals surface area contributed by atoms with Gasteiger partial charge in [0, 0.05) is 48.6 Å². The molecule has 3 saturated heterocycles. The summed E-state index contributed by atoms with van der Waals surface area (Å²) in [7, 11) is 0. The molecule has 0 aliphatic carbocycles. The minimum absolute atomic E-state index is 0.0267. The second-order valence-electron chi connectivity index (χ2n) is 33.2. The molecule has 8 amide bonds. The number of aliphatic hydroxyl groups is 10. The normalized spacial score (nSPS) is 28.9. The molecule has 42 nitrogen and oxygen atoms in total. The molecule has 3 fully saturated rings. The fourth-order valence-electron chi connectivity index (χ4n) is 16.5. The summed E-state index contributed by atoms with van der Waals surface area (Å²) in [5, 5.41) is 190. The predicted molar refractivity (Wildman–Crippen MR) is 453 cm³/mol. The molecule has 9 heterocycles. The molecule has 0 radical (unpaired) electrons. The summed E-state index contributed by atoms with van der Waals surface area (Å²) in [6, 6.07) is 0.658. The number of nitrogens with one attached hydrogen (secondary N) is 8. The number of carbonyl (C=O) groups is 9. The number of benzene rings is 7. The lowest BCUT2D eigenvalue weighted by Gasteiger charge is -2.44. The number of aliphatic hydroxyl groups excluding tert-OH is 10. The number of amides is 8. The van der Waals surface area contributed by atoms with E-state index in [-0.39, 0.29) is 39.8 Å². The van der Waals surface area contributed by atoms with E-state index in [0.717, 1.165) is 111 Å². The molecule has 17 bridgehead atoms. The third-order valence-corrected chi connectivity index (χ3v) is 24.0. The Labute approximate surface area is 759 Å². The van der Waals surface area contributed by atoms with Gasteiger partial charge in [-0.05, 0) is 125 Å². The Hall–Kier alpha value is -12.0. The molecule has 4 unspecified atom stereocenters. The zero-order chi connectivity index (χ0) is 94.9. The third kappa shape index (κ3) is 20.7. The monoisotopic (exact) mass is 1880 g/mol. The van der Waals surface area contributed by atoms with E-state index >= 15 is 24.0 Å². The van der Waals surface area contributed by atoms with Crippen LogP contribution in [-0.2, 0) is 68.5 Å². The van der Waals surface area contributed by atoms with Crippen molar-refractivity contribution in [1.82, 2.24) is 42.5 Å². The molecular formula is C88H97Cl2N9O33. The highest BCUT2D eigenvalue weighted by Gasteiger charge is 2.52. The average Bonchev–Trinajstić information content (AvgIpc) is 0.748. The molecule has 44 heteroatoms. The number of phenols is 4. The summed E-state index contributed by atoms with van der Waals surface area (Å²) in [5.41, 5.74) is 2.79. The van der Waals surface area contributed by atoms with E-state index in [1.165, 1.54) is 30.3 Å². The van der Waals surface area contributed by atoms with Crippen molar-refractivity contribution in [2.45, 2.75) is 206 Å². The number of halogens is 2. The summed E-state index contributed by atoms with van der Waals surface area (Å²) in [5.74, 6) is -19.2. The number of aromatic hydroxyl groups is 4. The van der Waals surface area contributed by atoms with Crippen molar-refractivity contribution in [2.24, 2.45) is 11.7 Å². The summed E-state index contributed by atoms with van der Waals surface area (Å²) in [6.07, 6.45) is -25.9. The number of hydrogen-bond donors (Lipinski definition) is 24. The average molecular weight is 1880 g/mol. The number of ether oxygens (including phenoxy) is 9. The molecule has 25 N–H and O–H groups in total. The Kier molecular flexibility index (Phi) is 29.5. The van der Waals surface area contributed by atoms with Crippen molar-refractivity contribution >= 4 is 76.4 Å². The van der Waals surface area contributed by atoms with Crippen LogP contribution in [0.5, 0.6) is 69.0 Å². The van der Waals surface area contributed by atoms with Crippen LogP contribution in [0.2, 0.25) is 10.0 Å². The lowest BCUT2D eigenvalue weighted by molar-refractivity contribution is -0.284. The number of nitrogens with two attached hydrogens (primary N) is 1. The Morgan fingerprint density at radius 1 is 0.500 bits per heavy atom. The molecular weight excluding hydrogens is 1780 g/mol. The molecule has 132 heavy (non-hydrogen) atoms. The van der Waals surface area contributed by atoms with Crippen molar-refractivity contribution in [3.05, 3.63) is 164 Å². The van der Waals surface area contributed by atoms with Gasteiger partial charge < -0.3 is 167 Å². The summed E-state index contributed by atoms with van der Waals surface area (Å²) < 4.78 is 57.5. The second kappa shape index (κ2) is 40.6. The minimum atomic E-state index is -2.59. The topological polar surface area (TPSA) is 662 Å². The zero-order valence-corrected chi connectivity index (χ0v) is 71.8. The first-order valence-electron chi connectivity index (χ1n) is 42.0. The van der Waals surface area contributed by atoms with Crippen molar-refractivity contribution in [3.63, 3.8) is 0 Å². The van der Waals surface area contributed by atoms with E-state index in [0.29, 0.717) is 18.8 Å². The Balaban J connectivity index is 1.04. The zero-order valence-electron chi connectivity index (χ0n) is 70.3. The van der Waals surface area contributed by atoms with Crippen LogP contribution in [0.4, 0.5) is 0 Å². The lowest BCUT2D eigenvalue weighted by Crippen LogP contribution is -2.65. The number of unbranched alkanes of at least 4 members (excludes halogenated alkanes) is 3. The van der Waals surface area contributed by atoms with E-state index < -0.39 is 316 Å². The number of hydrogen-bond acceptors (Lipinski definition) is 33. The number of phenolic OH excluding ortho intramolecular Hbond substituents is 4. The molecule has 0 saturated carbocycles. The molecule has 16 rings (SSSR count). The number of carboxylic acids is 1. The van der Waals surface area contributed by atoms with Gasteiger partial charge in [-0.25, -0.2) is 4.79 Å². The SMILES string of the molecule is CC(=O)N[C@H]1[C@H](OC2c3ccc(c(Cl)c3)Oc3cc4cc(c3OC3O[C@H](CO)[C@@H](O)[C@H](O)[C@H]3NC(=O)CCCCCCC(C)C)Oc3ccc(cc3Cl)CC3NC(=O)[C@H](N)c5ccc(O)c(c5)Oc5cc(O)cc(c5)[C@H](NC3=O)C(=O)N[C@H]4C(=O)N[C@H]3C(=O)N[C@@H]2C(=O)N[C@@H](C(=O)O)c2cc(O)cc(OC4O[C@H](CO)[C@@H](O)[C@H](O)[C@@H]4O)c2-c2cc3ccc2O)O[C@H](CO)[C@@H](O)[C@@H]1O. The van der Waals surface area contributed by atoms with Gasteiger partial charge in [0.2, 0.25) is 65.6 Å². The number of aliphatic carboxylic acids is 1. The first-order chi connectivity index (χ1) is 62.9. The molecule has 0 spiro atoms. The fourth-order valence-corrected chi connectivity index (χ4v) is 16.9. The molecule has 9 aliphatic heterocycles. The highest BCUT2D eigenvalue weighted by atomic mass is 35.5. The van der Waals surface area contributed by atoms with E-state index in [4.69, 9.17) is 71.6 Å². The maximum Gasteiger partial charge on any atom is 0.330 e. The van der Waals surface area contributed by atoms with Crippen LogP contribution < -0.4 is 72.0 Å². The van der Waals surface area contributed by atoms with Gasteiger partial charge in [-0.15, -0.1) is 0 Å². The maximum absolute atomic E-state index is 17.0. The second-order valence-corrected chi connectivity index (χ2v) is 34.0. The quantitative estimate of drug-likeness (QED) is 0.0503.